The average Bonchev–Trinajstić information content (AvgIpc) is 2.98. The van der Waals surface area contributed by atoms with E-state index in [4.69, 9.17) is 9.78 Å². The number of benzene rings is 1. The van der Waals surface area contributed by atoms with Crippen LogP contribution in [-0.4, -0.2) is 11.7 Å². The van der Waals surface area contributed by atoms with E-state index in [1.165, 1.54) is 12.8 Å². The van der Waals surface area contributed by atoms with Crippen LogP contribution in [0.3, 0.4) is 0 Å². The second-order valence-corrected chi connectivity index (χ2v) is 4.78. The Morgan fingerprint density at radius 2 is 2.21 bits per heavy atom. The van der Waals surface area contributed by atoms with Gasteiger partial charge < -0.3 is 9.84 Å². The van der Waals surface area contributed by atoms with Gasteiger partial charge in [0.25, 0.3) is 0 Å². The number of hydrogen-bond donors (Lipinski definition) is 1. The molecule has 1 fully saturated rings. The zero-order valence-corrected chi connectivity index (χ0v) is 10.6. The van der Waals surface area contributed by atoms with Crippen LogP contribution >= 0.6 is 0 Å². The number of nitriles is 1. The zero-order valence-electron chi connectivity index (χ0n) is 10.6. The maximum Gasteiger partial charge on any atom is 0.168 e. The van der Waals surface area contributed by atoms with Crippen LogP contribution in [0.5, 0.6) is 0 Å². The molecule has 0 aliphatic carbocycles. The lowest BCUT2D eigenvalue weighted by Crippen LogP contribution is -2.26. The highest BCUT2D eigenvalue weighted by molar-refractivity contribution is 5.65. The van der Waals surface area contributed by atoms with Crippen LogP contribution in [-0.2, 0) is 0 Å². The molecule has 2 heterocycles. The van der Waals surface area contributed by atoms with Crippen LogP contribution < -0.4 is 5.32 Å². The summed E-state index contributed by atoms with van der Waals surface area (Å²) in [6.07, 6.45) is 3.53. The molecule has 1 atom stereocenters. The molecule has 3 rings (SSSR count). The van der Waals surface area contributed by atoms with Gasteiger partial charge in [0.15, 0.2) is 5.76 Å². The summed E-state index contributed by atoms with van der Waals surface area (Å²) in [4.78, 5) is 0. The van der Waals surface area contributed by atoms with E-state index in [1.54, 1.807) is 6.07 Å². The van der Waals surface area contributed by atoms with Crippen molar-refractivity contribution in [2.45, 2.75) is 25.3 Å². The van der Waals surface area contributed by atoms with Gasteiger partial charge in [-0.15, -0.1) is 0 Å². The lowest BCUT2D eigenvalue weighted by atomic mass is 10.0. The first-order chi connectivity index (χ1) is 9.38. The van der Waals surface area contributed by atoms with E-state index in [0.29, 0.717) is 11.3 Å². The van der Waals surface area contributed by atoms with E-state index in [1.807, 2.05) is 24.3 Å². The second kappa shape index (κ2) is 5.25. The monoisotopic (exact) mass is 253 g/mol. The summed E-state index contributed by atoms with van der Waals surface area (Å²) >= 11 is 0. The lowest BCUT2D eigenvalue weighted by Gasteiger charge is -2.20. The first kappa shape index (κ1) is 11.9. The van der Waals surface area contributed by atoms with Crippen molar-refractivity contribution in [3.63, 3.8) is 0 Å². The average molecular weight is 253 g/mol. The van der Waals surface area contributed by atoms with Crippen LogP contribution in [0.1, 0.15) is 36.6 Å². The van der Waals surface area contributed by atoms with Crippen molar-refractivity contribution in [3.05, 3.63) is 41.6 Å². The van der Waals surface area contributed by atoms with Gasteiger partial charge in [0.2, 0.25) is 0 Å². The van der Waals surface area contributed by atoms with E-state index in [9.17, 15) is 0 Å². The van der Waals surface area contributed by atoms with Gasteiger partial charge in [-0.1, -0.05) is 23.7 Å². The lowest BCUT2D eigenvalue weighted by molar-refractivity contribution is 0.368. The molecular formula is C15H15N3O. The summed E-state index contributed by atoms with van der Waals surface area (Å²) in [5.74, 6) is 0.666. The molecule has 1 aromatic heterocycles. The Kier molecular flexibility index (Phi) is 3.30. The van der Waals surface area contributed by atoms with Crippen molar-refractivity contribution in [1.29, 1.82) is 5.26 Å². The third kappa shape index (κ3) is 2.38. The molecule has 0 radical (unpaired) electrons. The number of piperidine rings is 1. The minimum absolute atomic E-state index is 0.278. The van der Waals surface area contributed by atoms with Crippen molar-refractivity contribution in [2.75, 3.05) is 6.54 Å². The normalized spacial score (nSPS) is 19.0. The Balaban J connectivity index is 1.90. The molecule has 1 aromatic carbocycles. The van der Waals surface area contributed by atoms with Crippen molar-refractivity contribution < 1.29 is 4.52 Å². The van der Waals surface area contributed by atoms with Gasteiger partial charge in [-0.25, -0.2) is 0 Å². The summed E-state index contributed by atoms with van der Waals surface area (Å²) in [6, 6.07) is 11.8. The summed E-state index contributed by atoms with van der Waals surface area (Å²) in [5, 5.41) is 16.7. The summed E-state index contributed by atoms with van der Waals surface area (Å²) in [6.45, 7) is 1.03. The molecule has 96 valence electrons. The third-order valence-electron chi connectivity index (χ3n) is 3.51. The first-order valence-corrected chi connectivity index (χ1v) is 6.58. The maximum atomic E-state index is 9.11. The fraction of sp³-hybridized carbons (Fsp3) is 0.333. The molecule has 4 heteroatoms. The van der Waals surface area contributed by atoms with E-state index >= 15 is 0 Å². The minimum Gasteiger partial charge on any atom is -0.356 e. The first-order valence-electron chi connectivity index (χ1n) is 6.58. The molecular weight excluding hydrogens is 238 g/mol. The van der Waals surface area contributed by atoms with Gasteiger partial charge in [0, 0.05) is 11.6 Å². The van der Waals surface area contributed by atoms with Gasteiger partial charge in [0.1, 0.15) is 5.69 Å². The van der Waals surface area contributed by atoms with Gasteiger partial charge in [-0.05, 0) is 31.5 Å². The molecule has 1 aliphatic rings. The topological polar surface area (TPSA) is 61.9 Å². The van der Waals surface area contributed by atoms with Crippen molar-refractivity contribution in [2.24, 2.45) is 0 Å². The van der Waals surface area contributed by atoms with E-state index in [2.05, 4.69) is 16.5 Å². The summed E-state index contributed by atoms with van der Waals surface area (Å²) < 4.78 is 5.41. The van der Waals surface area contributed by atoms with Gasteiger partial charge in [-0.2, -0.15) is 5.26 Å². The van der Waals surface area contributed by atoms with Crippen molar-refractivity contribution in [3.8, 4) is 17.4 Å². The van der Waals surface area contributed by atoms with Crippen LogP contribution in [0.15, 0.2) is 34.9 Å². The Bertz CT molecular complexity index is 606. The SMILES string of the molecule is N#Cc1ccccc1-c1cc([C@H]2CCCCN2)no1. The van der Waals surface area contributed by atoms with E-state index in [-0.39, 0.29) is 6.04 Å². The standard InChI is InChI=1S/C15H15N3O/c16-10-11-5-1-2-6-12(11)15-9-14(18-19-15)13-7-3-4-8-17-13/h1-2,5-6,9,13,17H,3-4,7-8H2/t13-/m1/s1. The molecule has 0 saturated carbocycles. The summed E-state index contributed by atoms with van der Waals surface area (Å²) in [5.41, 5.74) is 2.35. The van der Waals surface area contributed by atoms with E-state index < -0.39 is 0 Å². The largest absolute Gasteiger partial charge is 0.356 e. The molecule has 0 unspecified atom stereocenters. The van der Waals surface area contributed by atoms with Crippen molar-refractivity contribution in [1.82, 2.24) is 10.5 Å². The predicted molar refractivity (Wildman–Crippen MR) is 71.2 cm³/mol. The van der Waals surface area contributed by atoms with Crippen LogP contribution in [0, 0.1) is 11.3 Å². The Labute approximate surface area is 112 Å². The Morgan fingerprint density at radius 1 is 1.32 bits per heavy atom. The molecule has 4 nitrogen and oxygen atoms in total. The molecule has 19 heavy (non-hydrogen) atoms. The molecule has 0 bridgehead atoms. The third-order valence-corrected chi connectivity index (χ3v) is 3.51. The minimum atomic E-state index is 0.278. The smallest absolute Gasteiger partial charge is 0.168 e. The Morgan fingerprint density at radius 3 is 3.00 bits per heavy atom. The van der Waals surface area contributed by atoms with Crippen LogP contribution in [0.25, 0.3) is 11.3 Å². The molecule has 1 N–H and O–H groups in total. The number of rotatable bonds is 2. The number of hydrogen-bond acceptors (Lipinski definition) is 4. The number of nitrogens with zero attached hydrogens (tertiary/aromatic N) is 2. The Hall–Kier alpha value is -2.12. The number of aromatic nitrogens is 1. The fourth-order valence-corrected chi connectivity index (χ4v) is 2.48. The highest BCUT2D eigenvalue weighted by atomic mass is 16.5. The molecule has 2 aromatic rings. The van der Waals surface area contributed by atoms with E-state index in [0.717, 1.165) is 24.2 Å². The van der Waals surface area contributed by atoms with Crippen LogP contribution in [0.2, 0.25) is 0 Å². The molecule has 0 amide bonds. The second-order valence-electron chi connectivity index (χ2n) is 4.78. The fourth-order valence-electron chi connectivity index (χ4n) is 2.48. The molecule has 1 saturated heterocycles. The molecule has 1 aliphatic heterocycles. The van der Waals surface area contributed by atoms with Gasteiger partial charge >= 0.3 is 0 Å². The quantitative estimate of drug-likeness (QED) is 0.893. The van der Waals surface area contributed by atoms with Crippen molar-refractivity contribution >= 4 is 0 Å². The molecule has 0 spiro atoms. The zero-order chi connectivity index (χ0) is 13.1. The van der Waals surface area contributed by atoms with Gasteiger partial charge in [0.05, 0.1) is 17.7 Å². The highest BCUT2D eigenvalue weighted by Gasteiger charge is 2.19. The number of nitrogens with one attached hydrogen (secondary N) is 1. The summed E-state index contributed by atoms with van der Waals surface area (Å²) in [7, 11) is 0. The predicted octanol–water partition coefficient (Wildman–Crippen LogP) is 3.03. The van der Waals surface area contributed by atoms with Crippen LogP contribution in [0.4, 0.5) is 0 Å². The van der Waals surface area contributed by atoms with Gasteiger partial charge in [-0.3, -0.25) is 0 Å². The maximum absolute atomic E-state index is 9.11. The highest BCUT2D eigenvalue weighted by Crippen LogP contribution is 2.28.